The Labute approximate surface area is 242 Å². The van der Waals surface area contributed by atoms with Crippen molar-refractivity contribution in [3.8, 4) is 0 Å². The monoisotopic (exact) mass is 586 g/mol. The molecule has 41 heavy (non-hydrogen) atoms. The summed E-state index contributed by atoms with van der Waals surface area (Å²) in [5.74, 6) is -1.80. The number of carbonyl (C=O) groups excluding carboxylic acids is 3. The molecule has 0 unspecified atom stereocenters. The van der Waals surface area contributed by atoms with Gasteiger partial charge in [0.15, 0.2) is 0 Å². The Morgan fingerprint density at radius 3 is 2.20 bits per heavy atom. The van der Waals surface area contributed by atoms with Crippen molar-refractivity contribution in [3.05, 3.63) is 65.2 Å². The number of nitrogens with two attached hydrogens (primary N) is 1. The van der Waals surface area contributed by atoms with Crippen molar-refractivity contribution in [2.24, 2.45) is 17.0 Å². The fourth-order valence-corrected chi connectivity index (χ4v) is 5.80. The molecule has 11 heteroatoms. The van der Waals surface area contributed by atoms with Crippen molar-refractivity contribution >= 4 is 27.7 Å². The molecule has 0 radical (unpaired) electrons. The molecule has 0 bridgehead atoms. The maximum Gasteiger partial charge on any atom is 0.244 e. The summed E-state index contributed by atoms with van der Waals surface area (Å²) < 4.78 is 23.0. The summed E-state index contributed by atoms with van der Waals surface area (Å²) in [5.41, 5.74) is 4.59. The molecule has 1 saturated carbocycles. The van der Waals surface area contributed by atoms with Crippen molar-refractivity contribution < 1.29 is 28.0 Å². The smallest absolute Gasteiger partial charge is 0.244 e. The molecule has 1 aliphatic carbocycles. The predicted octanol–water partition coefficient (Wildman–Crippen LogP) is 3.25. The number of rotatable bonds is 14. The lowest BCUT2D eigenvalue weighted by molar-refractivity contribution is -0.136. The van der Waals surface area contributed by atoms with E-state index in [1.807, 2.05) is 31.2 Å². The molecule has 0 heterocycles. The van der Waals surface area contributed by atoms with Gasteiger partial charge in [-0.25, -0.2) is 19.0 Å². The minimum atomic E-state index is -3.82. The molecule has 2 aromatic carbocycles. The third-order valence-electron chi connectivity index (χ3n) is 7.71. The molecule has 2 atom stereocenters. The lowest BCUT2D eigenvalue weighted by Crippen LogP contribution is -2.49. The van der Waals surface area contributed by atoms with E-state index in [1.165, 1.54) is 12.1 Å². The highest BCUT2D eigenvalue weighted by Crippen LogP contribution is 2.28. The summed E-state index contributed by atoms with van der Waals surface area (Å²) in [7, 11) is -3.82. The summed E-state index contributed by atoms with van der Waals surface area (Å²) in [5, 5.41) is 20.0. The van der Waals surface area contributed by atoms with Gasteiger partial charge in [-0.05, 0) is 61.8 Å². The van der Waals surface area contributed by atoms with Crippen molar-refractivity contribution in [3.63, 3.8) is 0 Å². The van der Waals surface area contributed by atoms with Crippen LogP contribution >= 0.6 is 0 Å². The fraction of sp³-hybridized carbons (Fsp3) is 0.500. The second-order valence-electron chi connectivity index (χ2n) is 11.0. The van der Waals surface area contributed by atoms with Crippen LogP contribution in [0.4, 0.5) is 0 Å². The molecule has 3 amide bonds. The van der Waals surface area contributed by atoms with Crippen LogP contribution < -0.4 is 21.3 Å². The number of primary sulfonamides is 1. The number of hydrogen-bond donors (Lipinski definition) is 5. The zero-order chi connectivity index (χ0) is 29.8. The zero-order valence-electron chi connectivity index (χ0n) is 23.6. The molecule has 2 aromatic rings. The number of carbonyl (C=O) groups is 3. The minimum absolute atomic E-state index is 0.0182. The Balaban J connectivity index is 1.66. The molecular weight excluding hydrogens is 544 g/mol. The number of benzene rings is 2. The third-order valence-corrected chi connectivity index (χ3v) is 8.64. The van der Waals surface area contributed by atoms with Crippen LogP contribution in [0.2, 0.25) is 0 Å². The molecular formula is C30H42N4O6S. The van der Waals surface area contributed by atoms with Crippen LogP contribution in [-0.2, 0) is 37.4 Å². The second kappa shape index (κ2) is 15.6. The third kappa shape index (κ3) is 10.9. The highest BCUT2D eigenvalue weighted by Gasteiger charge is 2.29. The van der Waals surface area contributed by atoms with E-state index < -0.39 is 33.8 Å². The molecule has 1 fully saturated rings. The number of nitrogens with one attached hydrogen (secondary N) is 3. The van der Waals surface area contributed by atoms with E-state index in [0.717, 1.165) is 49.7 Å². The standard InChI is InChI=1S/C30H42N4O6S/c1-21-10-12-22(13-11-21)8-5-9-25(19-28(35)34-38)29(36)33-27(18-23-6-3-2-4-7-23)30(37)32-20-24-14-16-26(17-15-24)41(31,39)40/h10-17,23,25,27,38H,2-9,18-20H2,1H3,(H,32,37)(H,33,36)(H,34,35)(H2,31,39,40)/t25-,27-/m0/s1. The van der Waals surface area contributed by atoms with Gasteiger partial charge < -0.3 is 10.6 Å². The van der Waals surface area contributed by atoms with Gasteiger partial charge in [0.2, 0.25) is 27.7 Å². The average Bonchev–Trinajstić information content (AvgIpc) is 2.96. The van der Waals surface area contributed by atoms with Crippen LogP contribution in [0.15, 0.2) is 53.4 Å². The summed E-state index contributed by atoms with van der Waals surface area (Å²) in [6, 6.07) is 13.3. The Morgan fingerprint density at radius 1 is 0.951 bits per heavy atom. The molecule has 10 nitrogen and oxygen atoms in total. The van der Waals surface area contributed by atoms with Gasteiger partial charge in [-0.2, -0.15) is 0 Å². The van der Waals surface area contributed by atoms with Crippen molar-refractivity contribution in [1.82, 2.24) is 16.1 Å². The van der Waals surface area contributed by atoms with E-state index in [1.54, 1.807) is 17.6 Å². The summed E-state index contributed by atoms with van der Waals surface area (Å²) >= 11 is 0. The first-order chi connectivity index (χ1) is 19.5. The number of amides is 3. The lowest BCUT2D eigenvalue weighted by Gasteiger charge is -2.28. The van der Waals surface area contributed by atoms with Crippen LogP contribution in [0.5, 0.6) is 0 Å². The van der Waals surface area contributed by atoms with E-state index in [4.69, 9.17) is 10.3 Å². The van der Waals surface area contributed by atoms with Gasteiger partial charge in [0.25, 0.3) is 0 Å². The molecule has 0 saturated heterocycles. The summed E-state index contributed by atoms with van der Waals surface area (Å²) in [6.45, 7) is 2.16. The molecule has 6 N–H and O–H groups in total. The van der Waals surface area contributed by atoms with E-state index in [-0.39, 0.29) is 23.8 Å². The van der Waals surface area contributed by atoms with Gasteiger partial charge in [0, 0.05) is 18.9 Å². The van der Waals surface area contributed by atoms with Crippen LogP contribution in [0.25, 0.3) is 0 Å². The van der Waals surface area contributed by atoms with Gasteiger partial charge in [0.1, 0.15) is 6.04 Å². The Morgan fingerprint density at radius 2 is 1.59 bits per heavy atom. The van der Waals surface area contributed by atoms with Gasteiger partial charge in [0.05, 0.1) is 4.90 Å². The summed E-state index contributed by atoms with van der Waals surface area (Å²) in [6.07, 6.45) is 7.42. The molecule has 0 spiro atoms. The zero-order valence-corrected chi connectivity index (χ0v) is 24.4. The number of hydroxylamine groups is 1. The molecule has 3 rings (SSSR count). The van der Waals surface area contributed by atoms with Crippen LogP contribution in [0.1, 0.15) is 74.5 Å². The highest BCUT2D eigenvalue weighted by molar-refractivity contribution is 7.89. The minimum Gasteiger partial charge on any atom is -0.350 e. The average molecular weight is 587 g/mol. The van der Waals surface area contributed by atoms with Gasteiger partial charge in [-0.15, -0.1) is 0 Å². The lowest BCUT2D eigenvalue weighted by atomic mass is 9.84. The number of hydrogen-bond acceptors (Lipinski definition) is 6. The van der Waals surface area contributed by atoms with Crippen LogP contribution in [0.3, 0.4) is 0 Å². The Bertz CT molecular complexity index is 1260. The van der Waals surface area contributed by atoms with Crippen molar-refractivity contribution in [1.29, 1.82) is 0 Å². The molecule has 1 aliphatic rings. The van der Waals surface area contributed by atoms with E-state index in [9.17, 15) is 22.8 Å². The Kier molecular flexibility index (Phi) is 12.3. The van der Waals surface area contributed by atoms with E-state index >= 15 is 0 Å². The van der Waals surface area contributed by atoms with E-state index in [0.29, 0.717) is 30.7 Å². The fourth-order valence-electron chi connectivity index (χ4n) is 5.29. The largest absolute Gasteiger partial charge is 0.350 e. The van der Waals surface area contributed by atoms with Crippen LogP contribution in [0, 0.1) is 18.8 Å². The molecule has 224 valence electrons. The molecule has 0 aliphatic heterocycles. The second-order valence-corrected chi connectivity index (χ2v) is 12.6. The van der Waals surface area contributed by atoms with Gasteiger partial charge >= 0.3 is 0 Å². The summed E-state index contributed by atoms with van der Waals surface area (Å²) in [4.78, 5) is 38.7. The van der Waals surface area contributed by atoms with Gasteiger partial charge in [-0.3, -0.25) is 19.6 Å². The predicted molar refractivity (Wildman–Crippen MR) is 155 cm³/mol. The van der Waals surface area contributed by atoms with Crippen molar-refractivity contribution in [2.75, 3.05) is 0 Å². The molecule has 0 aromatic heterocycles. The first kappa shape index (κ1) is 32.2. The highest BCUT2D eigenvalue weighted by atomic mass is 32.2. The van der Waals surface area contributed by atoms with E-state index in [2.05, 4.69) is 10.6 Å². The SMILES string of the molecule is Cc1ccc(CCC[C@@H](CC(=O)NO)C(=O)N[C@@H](CC2CCCCC2)C(=O)NCc2ccc(S(N)(=O)=O)cc2)cc1. The maximum absolute atomic E-state index is 13.4. The van der Waals surface area contributed by atoms with Crippen molar-refractivity contribution in [2.45, 2.75) is 88.6 Å². The first-order valence-corrected chi connectivity index (χ1v) is 15.8. The van der Waals surface area contributed by atoms with Crippen LogP contribution in [-0.4, -0.2) is 37.4 Å². The Hall–Kier alpha value is -3.28. The van der Waals surface area contributed by atoms with Gasteiger partial charge in [-0.1, -0.05) is 74.1 Å². The maximum atomic E-state index is 13.4. The first-order valence-electron chi connectivity index (χ1n) is 14.2. The normalized spacial score (nSPS) is 15.5. The quantitative estimate of drug-likeness (QED) is 0.168. The number of aryl methyl sites for hydroxylation is 2. The topological polar surface area (TPSA) is 168 Å². The number of sulfonamides is 1.